The second-order valence-corrected chi connectivity index (χ2v) is 5.04. The van der Waals surface area contributed by atoms with Crippen molar-refractivity contribution in [2.24, 2.45) is 11.8 Å². The van der Waals surface area contributed by atoms with Crippen molar-refractivity contribution in [1.29, 1.82) is 0 Å². The van der Waals surface area contributed by atoms with Crippen molar-refractivity contribution < 1.29 is 4.79 Å². The highest BCUT2D eigenvalue weighted by atomic mass is 16.1. The summed E-state index contributed by atoms with van der Waals surface area (Å²) in [6, 6.07) is 0. The lowest BCUT2D eigenvalue weighted by Gasteiger charge is -2.27. The molecule has 1 saturated heterocycles. The minimum absolute atomic E-state index is 0.272. The molecule has 2 fully saturated rings. The number of carbonyl (C=O) groups excluding carboxylic acids is 1. The van der Waals surface area contributed by atoms with E-state index in [0.29, 0.717) is 11.8 Å². The van der Waals surface area contributed by atoms with Crippen molar-refractivity contribution >= 4 is 5.91 Å². The van der Waals surface area contributed by atoms with Crippen molar-refractivity contribution in [1.82, 2.24) is 10.6 Å². The SMILES string of the molecule is O=C(CC1CCCCC1)NCC1CNC1. The molecular weight excluding hydrogens is 188 g/mol. The molecule has 1 aliphatic carbocycles. The zero-order valence-corrected chi connectivity index (χ0v) is 9.43. The number of nitrogens with one attached hydrogen (secondary N) is 2. The molecule has 0 radical (unpaired) electrons. The Kier molecular flexibility index (Phi) is 4.01. The predicted octanol–water partition coefficient (Wildman–Crippen LogP) is 1.29. The van der Waals surface area contributed by atoms with Gasteiger partial charge in [0.05, 0.1) is 0 Å². The van der Waals surface area contributed by atoms with Crippen LogP contribution in [-0.2, 0) is 4.79 Å². The molecule has 86 valence electrons. The lowest BCUT2D eigenvalue weighted by Crippen LogP contribution is -2.48. The van der Waals surface area contributed by atoms with Crippen LogP contribution in [0.25, 0.3) is 0 Å². The predicted molar refractivity (Wildman–Crippen MR) is 60.6 cm³/mol. The highest BCUT2D eigenvalue weighted by molar-refractivity contribution is 5.76. The minimum atomic E-state index is 0.272. The van der Waals surface area contributed by atoms with Crippen LogP contribution in [0.1, 0.15) is 38.5 Å². The molecule has 0 unspecified atom stereocenters. The third-order valence-corrected chi connectivity index (χ3v) is 3.65. The van der Waals surface area contributed by atoms with Gasteiger partial charge in [0.2, 0.25) is 5.91 Å². The van der Waals surface area contributed by atoms with Crippen LogP contribution < -0.4 is 10.6 Å². The van der Waals surface area contributed by atoms with Gasteiger partial charge in [-0.15, -0.1) is 0 Å². The summed E-state index contributed by atoms with van der Waals surface area (Å²) in [5.74, 6) is 1.62. The molecule has 0 aromatic carbocycles. The highest BCUT2D eigenvalue weighted by Gasteiger charge is 2.19. The minimum Gasteiger partial charge on any atom is -0.356 e. The average Bonchev–Trinajstić information content (AvgIpc) is 2.17. The molecule has 1 amide bonds. The lowest BCUT2D eigenvalue weighted by molar-refractivity contribution is -0.122. The van der Waals surface area contributed by atoms with Gasteiger partial charge in [0.15, 0.2) is 0 Å². The first kappa shape index (κ1) is 10.9. The molecule has 1 aliphatic heterocycles. The highest BCUT2D eigenvalue weighted by Crippen LogP contribution is 2.25. The van der Waals surface area contributed by atoms with Crippen LogP contribution in [0.5, 0.6) is 0 Å². The molecule has 15 heavy (non-hydrogen) atoms. The van der Waals surface area contributed by atoms with E-state index in [0.717, 1.165) is 26.1 Å². The molecule has 0 aromatic rings. The molecule has 1 heterocycles. The fourth-order valence-corrected chi connectivity index (χ4v) is 2.48. The molecule has 2 rings (SSSR count). The maximum atomic E-state index is 11.6. The normalized spacial score (nSPS) is 23.5. The van der Waals surface area contributed by atoms with E-state index in [4.69, 9.17) is 0 Å². The molecule has 1 saturated carbocycles. The van der Waals surface area contributed by atoms with Crippen LogP contribution in [0.4, 0.5) is 0 Å². The van der Waals surface area contributed by atoms with E-state index in [1.165, 1.54) is 32.1 Å². The van der Waals surface area contributed by atoms with Crippen molar-refractivity contribution in [3.8, 4) is 0 Å². The maximum absolute atomic E-state index is 11.6. The Balaban J connectivity index is 1.58. The number of rotatable bonds is 4. The van der Waals surface area contributed by atoms with E-state index < -0.39 is 0 Å². The fraction of sp³-hybridized carbons (Fsp3) is 0.917. The first-order valence-electron chi connectivity index (χ1n) is 6.32. The summed E-state index contributed by atoms with van der Waals surface area (Å²) in [4.78, 5) is 11.6. The third-order valence-electron chi connectivity index (χ3n) is 3.65. The van der Waals surface area contributed by atoms with Crippen LogP contribution in [0.15, 0.2) is 0 Å². The molecule has 3 heteroatoms. The summed E-state index contributed by atoms with van der Waals surface area (Å²) < 4.78 is 0. The van der Waals surface area contributed by atoms with Crippen LogP contribution >= 0.6 is 0 Å². The zero-order chi connectivity index (χ0) is 10.5. The van der Waals surface area contributed by atoms with Gasteiger partial charge in [-0.2, -0.15) is 0 Å². The van der Waals surface area contributed by atoms with Gasteiger partial charge in [0, 0.05) is 32.0 Å². The summed E-state index contributed by atoms with van der Waals surface area (Å²) in [5.41, 5.74) is 0. The summed E-state index contributed by atoms with van der Waals surface area (Å²) in [6.45, 7) is 3.02. The first-order valence-corrected chi connectivity index (χ1v) is 6.32. The van der Waals surface area contributed by atoms with Crippen molar-refractivity contribution in [2.45, 2.75) is 38.5 Å². The maximum Gasteiger partial charge on any atom is 0.220 e. The molecule has 0 atom stereocenters. The number of amides is 1. The lowest BCUT2D eigenvalue weighted by atomic mass is 9.87. The van der Waals surface area contributed by atoms with E-state index in [1.807, 2.05) is 0 Å². The topological polar surface area (TPSA) is 41.1 Å². The molecule has 0 spiro atoms. The van der Waals surface area contributed by atoms with Crippen molar-refractivity contribution in [2.75, 3.05) is 19.6 Å². The van der Waals surface area contributed by atoms with Gasteiger partial charge in [-0.3, -0.25) is 4.79 Å². The Morgan fingerprint density at radius 2 is 1.87 bits per heavy atom. The second-order valence-electron chi connectivity index (χ2n) is 5.04. The van der Waals surface area contributed by atoms with Gasteiger partial charge in [-0.1, -0.05) is 19.3 Å². The Bertz CT molecular complexity index is 208. The van der Waals surface area contributed by atoms with Crippen LogP contribution in [0, 0.1) is 11.8 Å². The smallest absolute Gasteiger partial charge is 0.220 e. The molecule has 0 aromatic heterocycles. The number of carbonyl (C=O) groups is 1. The van der Waals surface area contributed by atoms with Gasteiger partial charge >= 0.3 is 0 Å². The number of hydrogen-bond acceptors (Lipinski definition) is 2. The second kappa shape index (κ2) is 5.50. The van der Waals surface area contributed by atoms with E-state index in [1.54, 1.807) is 0 Å². The van der Waals surface area contributed by atoms with Gasteiger partial charge < -0.3 is 10.6 Å². The monoisotopic (exact) mass is 210 g/mol. The summed E-state index contributed by atoms with van der Waals surface area (Å²) in [5, 5.41) is 6.27. The Morgan fingerprint density at radius 3 is 2.47 bits per heavy atom. The van der Waals surface area contributed by atoms with Gasteiger partial charge in [-0.25, -0.2) is 0 Å². The Morgan fingerprint density at radius 1 is 1.13 bits per heavy atom. The van der Waals surface area contributed by atoms with Gasteiger partial charge in [-0.05, 0) is 18.8 Å². The van der Waals surface area contributed by atoms with Crippen molar-refractivity contribution in [3.63, 3.8) is 0 Å². The zero-order valence-electron chi connectivity index (χ0n) is 9.43. The van der Waals surface area contributed by atoms with Crippen molar-refractivity contribution in [3.05, 3.63) is 0 Å². The van der Waals surface area contributed by atoms with E-state index >= 15 is 0 Å². The van der Waals surface area contributed by atoms with E-state index in [9.17, 15) is 4.79 Å². The molecular formula is C12H22N2O. The van der Waals surface area contributed by atoms with Crippen LogP contribution in [-0.4, -0.2) is 25.5 Å². The summed E-state index contributed by atoms with van der Waals surface area (Å²) in [7, 11) is 0. The molecule has 2 aliphatic rings. The standard InChI is InChI=1S/C12H22N2O/c15-12(14-9-11-7-13-8-11)6-10-4-2-1-3-5-10/h10-11,13H,1-9H2,(H,14,15). The first-order chi connectivity index (χ1) is 7.34. The van der Waals surface area contributed by atoms with E-state index in [-0.39, 0.29) is 5.91 Å². The quantitative estimate of drug-likeness (QED) is 0.734. The van der Waals surface area contributed by atoms with Crippen LogP contribution in [0.3, 0.4) is 0 Å². The molecule has 3 nitrogen and oxygen atoms in total. The largest absolute Gasteiger partial charge is 0.356 e. The average molecular weight is 210 g/mol. The summed E-state index contributed by atoms with van der Waals surface area (Å²) >= 11 is 0. The van der Waals surface area contributed by atoms with E-state index in [2.05, 4.69) is 10.6 Å². The Hall–Kier alpha value is -0.570. The van der Waals surface area contributed by atoms with Crippen LogP contribution in [0.2, 0.25) is 0 Å². The number of hydrogen-bond donors (Lipinski definition) is 2. The fourth-order valence-electron chi connectivity index (χ4n) is 2.48. The summed E-state index contributed by atoms with van der Waals surface area (Å²) in [6.07, 6.45) is 7.30. The third kappa shape index (κ3) is 3.49. The van der Waals surface area contributed by atoms with Gasteiger partial charge in [0.25, 0.3) is 0 Å². The molecule has 0 bridgehead atoms. The Labute approximate surface area is 92.0 Å². The molecule has 2 N–H and O–H groups in total. The van der Waals surface area contributed by atoms with Gasteiger partial charge in [0.1, 0.15) is 0 Å².